The molecule has 0 aromatic heterocycles. The molecule has 1 aliphatic carbocycles. The lowest BCUT2D eigenvalue weighted by Gasteiger charge is -2.14. The molecule has 0 nitrogen and oxygen atoms in total. The molecule has 23 heavy (non-hydrogen) atoms. The predicted octanol–water partition coefficient (Wildman–Crippen LogP) is 7.09. The van der Waals surface area contributed by atoms with Crippen molar-refractivity contribution < 1.29 is 4.39 Å². The van der Waals surface area contributed by atoms with E-state index in [4.69, 9.17) is 0 Å². The van der Waals surface area contributed by atoms with Crippen LogP contribution >= 0.6 is 0 Å². The van der Waals surface area contributed by atoms with Crippen LogP contribution in [0.25, 0.3) is 0 Å². The van der Waals surface area contributed by atoms with Gasteiger partial charge >= 0.3 is 0 Å². The van der Waals surface area contributed by atoms with Gasteiger partial charge in [0.1, 0.15) is 5.83 Å². The maximum absolute atomic E-state index is 14.3. The number of allylic oxidation sites excluding steroid dienone is 12. The summed E-state index contributed by atoms with van der Waals surface area (Å²) in [6.45, 7) is 19.7. The monoisotopic (exact) mass is 310 g/mol. The average Bonchev–Trinajstić information content (AvgIpc) is 2.58. The fraction of sp³-hybridized carbons (Fsp3) is 0.273. The highest BCUT2D eigenvalue weighted by molar-refractivity contribution is 5.52. The van der Waals surface area contributed by atoms with Crippen LogP contribution in [-0.2, 0) is 0 Å². The van der Waals surface area contributed by atoms with E-state index in [1.807, 2.05) is 19.1 Å². The lowest BCUT2D eigenvalue weighted by Crippen LogP contribution is -1.95. The van der Waals surface area contributed by atoms with Crippen LogP contribution in [0.15, 0.2) is 96.0 Å². The molecule has 0 N–H and O–H groups in total. The minimum absolute atomic E-state index is 0.285. The molecule has 0 fully saturated rings. The standard InChI is InChI=1S/C22H27F/c1-7-16(3)9-10-17(4)19(6)22(23)15-18(5)21-13-11-20(8-2)12-14-21/h9-11,13,15H,3-8,12,14H2,1-2H3/b10-9-,22-15+. The van der Waals surface area contributed by atoms with E-state index in [1.54, 1.807) is 6.08 Å². The first-order chi connectivity index (χ1) is 10.9. The number of halogens is 1. The molecule has 0 heterocycles. The molecule has 0 unspecified atom stereocenters. The topological polar surface area (TPSA) is 0 Å². The summed E-state index contributed by atoms with van der Waals surface area (Å²) in [5, 5.41) is 0. The third-order valence-corrected chi connectivity index (χ3v) is 4.05. The van der Waals surface area contributed by atoms with Gasteiger partial charge < -0.3 is 0 Å². The van der Waals surface area contributed by atoms with Crippen LogP contribution in [0, 0.1) is 0 Å². The molecule has 0 saturated heterocycles. The molecule has 0 radical (unpaired) electrons. The fourth-order valence-corrected chi connectivity index (χ4v) is 2.17. The van der Waals surface area contributed by atoms with Crippen molar-refractivity contribution in [1.82, 2.24) is 0 Å². The van der Waals surface area contributed by atoms with Crippen molar-refractivity contribution in [3.8, 4) is 0 Å². The molecule has 0 bridgehead atoms. The summed E-state index contributed by atoms with van der Waals surface area (Å²) in [4.78, 5) is 0. The molecule has 122 valence electrons. The Balaban J connectivity index is 2.78. The predicted molar refractivity (Wildman–Crippen MR) is 101 cm³/mol. The first-order valence-electron chi connectivity index (χ1n) is 8.08. The lowest BCUT2D eigenvalue weighted by atomic mass is 9.92. The van der Waals surface area contributed by atoms with Crippen molar-refractivity contribution in [3.05, 3.63) is 96.0 Å². The van der Waals surface area contributed by atoms with Gasteiger partial charge in [0, 0.05) is 5.57 Å². The highest BCUT2D eigenvalue weighted by atomic mass is 19.1. The van der Waals surface area contributed by atoms with E-state index in [9.17, 15) is 4.39 Å². The first kappa shape index (κ1) is 18.9. The zero-order chi connectivity index (χ0) is 17.4. The summed E-state index contributed by atoms with van der Waals surface area (Å²) in [6.07, 6.45) is 13.0. The van der Waals surface area contributed by atoms with E-state index in [1.165, 1.54) is 11.6 Å². The maximum Gasteiger partial charge on any atom is 0.130 e. The molecule has 0 aromatic carbocycles. The molecule has 0 amide bonds. The summed E-state index contributed by atoms with van der Waals surface area (Å²) in [7, 11) is 0. The SMILES string of the molecule is C=C(/C=C\C(=C)C(=C)/C(F)=C\C(=C)C1=CC=C(CC)CC1)CC. The van der Waals surface area contributed by atoms with Crippen LogP contribution < -0.4 is 0 Å². The molecule has 0 saturated carbocycles. The van der Waals surface area contributed by atoms with E-state index in [2.05, 4.69) is 39.3 Å². The minimum atomic E-state index is -0.391. The van der Waals surface area contributed by atoms with Gasteiger partial charge in [-0.05, 0) is 48.5 Å². The zero-order valence-electron chi connectivity index (χ0n) is 14.4. The molecule has 0 atom stereocenters. The Morgan fingerprint density at radius 2 is 1.78 bits per heavy atom. The molecular weight excluding hydrogens is 283 g/mol. The summed E-state index contributed by atoms with van der Waals surface area (Å²) < 4.78 is 14.3. The molecule has 1 aliphatic rings. The van der Waals surface area contributed by atoms with Crippen LogP contribution in [0.5, 0.6) is 0 Å². The van der Waals surface area contributed by atoms with E-state index in [0.29, 0.717) is 11.1 Å². The van der Waals surface area contributed by atoms with E-state index < -0.39 is 5.83 Å². The van der Waals surface area contributed by atoms with Crippen LogP contribution in [0.4, 0.5) is 4.39 Å². The molecular formula is C22H27F. The Hall–Kier alpha value is -2.15. The van der Waals surface area contributed by atoms with Gasteiger partial charge in [0.15, 0.2) is 0 Å². The third kappa shape index (κ3) is 5.86. The van der Waals surface area contributed by atoms with Crippen molar-refractivity contribution in [3.63, 3.8) is 0 Å². The molecule has 1 rings (SSSR count). The van der Waals surface area contributed by atoms with Gasteiger partial charge in [-0.3, -0.25) is 0 Å². The van der Waals surface area contributed by atoms with E-state index in [-0.39, 0.29) is 5.57 Å². The van der Waals surface area contributed by atoms with Crippen molar-refractivity contribution >= 4 is 0 Å². The highest BCUT2D eigenvalue weighted by Crippen LogP contribution is 2.28. The van der Waals surface area contributed by atoms with Crippen LogP contribution in [0.3, 0.4) is 0 Å². The van der Waals surface area contributed by atoms with Crippen molar-refractivity contribution in [2.75, 3.05) is 0 Å². The quantitative estimate of drug-likeness (QED) is 0.420. The number of hydrogen-bond donors (Lipinski definition) is 0. The molecule has 0 aromatic rings. The Kier molecular flexibility index (Phi) is 7.47. The second kappa shape index (κ2) is 9.09. The Labute approximate surface area is 140 Å². The number of hydrogen-bond acceptors (Lipinski definition) is 0. The summed E-state index contributed by atoms with van der Waals surface area (Å²) in [5.74, 6) is -0.391. The van der Waals surface area contributed by atoms with Gasteiger partial charge in [-0.25, -0.2) is 4.39 Å². The molecule has 0 spiro atoms. The second-order valence-corrected chi connectivity index (χ2v) is 5.74. The lowest BCUT2D eigenvalue weighted by molar-refractivity contribution is 0.655. The van der Waals surface area contributed by atoms with Gasteiger partial charge in [-0.15, -0.1) is 0 Å². The maximum atomic E-state index is 14.3. The second-order valence-electron chi connectivity index (χ2n) is 5.74. The average molecular weight is 310 g/mol. The largest absolute Gasteiger partial charge is 0.206 e. The van der Waals surface area contributed by atoms with E-state index in [0.717, 1.165) is 36.8 Å². The van der Waals surface area contributed by atoms with Gasteiger partial charge in [0.2, 0.25) is 0 Å². The van der Waals surface area contributed by atoms with Crippen molar-refractivity contribution in [2.24, 2.45) is 0 Å². The Morgan fingerprint density at radius 3 is 2.30 bits per heavy atom. The fourth-order valence-electron chi connectivity index (χ4n) is 2.17. The first-order valence-corrected chi connectivity index (χ1v) is 8.08. The zero-order valence-corrected chi connectivity index (χ0v) is 14.4. The summed E-state index contributed by atoms with van der Waals surface area (Å²) in [5.41, 5.74) is 5.00. The normalized spacial score (nSPS) is 15.2. The van der Waals surface area contributed by atoms with Crippen molar-refractivity contribution in [1.29, 1.82) is 0 Å². The third-order valence-electron chi connectivity index (χ3n) is 4.05. The van der Waals surface area contributed by atoms with Crippen LogP contribution in [-0.4, -0.2) is 0 Å². The minimum Gasteiger partial charge on any atom is -0.206 e. The van der Waals surface area contributed by atoms with Crippen molar-refractivity contribution in [2.45, 2.75) is 39.5 Å². The Bertz CT molecular complexity index is 633. The summed E-state index contributed by atoms with van der Waals surface area (Å²) >= 11 is 0. The molecule has 1 heteroatoms. The van der Waals surface area contributed by atoms with Gasteiger partial charge in [0.05, 0.1) is 0 Å². The number of rotatable bonds is 8. The van der Waals surface area contributed by atoms with Gasteiger partial charge in [0.25, 0.3) is 0 Å². The Morgan fingerprint density at radius 1 is 1.09 bits per heavy atom. The van der Waals surface area contributed by atoms with E-state index >= 15 is 0 Å². The molecule has 0 aliphatic heterocycles. The van der Waals surface area contributed by atoms with Crippen LogP contribution in [0.2, 0.25) is 0 Å². The van der Waals surface area contributed by atoms with Gasteiger partial charge in [-0.1, -0.05) is 75.6 Å². The van der Waals surface area contributed by atoms with Crippen LogP contribution in [0.1, 0.15) is 39.5 Å². The van der Waals surface area contributed by atoms with Gasteiger partial charge in [-0.2, -0.15) is 0 Å². The smallest absolute Gasteiger partial charge is 0.130 e. The highest BCUT2D eigenvalue weighted by Gasteiger charge is 2.10. The summed E-state index contributed by atoms with van der Waals surface area (Å²) in [6, 6.07) is 0.